The largest absolute Gasteiger partial charge is 0.444 e. The molecule has 2 amide bonds. The minimum absolute atomic E-state index is 0. The monoisotopic (exact) mass is 547 g/mol. The predicted octanol–water partition coefficient (Wildman–Crippen LogP) is 3.52. The van der Waals surface area contributed by atoms with Gasteiger partial charge < -0.3 is 20.7 Å². The Kier molecular flexibility index (Phi) is 12.5. The van der Waals surface area contributed by atoms with Gasteiger partial charge in [-0.2, -0.15) is 0 Å². The summed E-state index contributed by atoms with van der Waals surface area (Å²) < 4.78 is 5.24. The van der Waals surface area contributed by atoms with Crippen molar-refractivity contribution in [3.63, 3.8) is 0 Å². The first-order valence-corrected chi connectivity index (χ1v) is 10.2. The maximum atomic E-state index is 11.8. The first kappa shape index (κ1) is 29.0. The van der Waals surface area contributed by atoms with Crippen LogP contribution in [0, 0.1) is 5.41 Å². The van der Waals surface area contributed by atoms with Crippen LogP contribution in [0.3, 0.4) is 0 Å². The molecule has 0 aromatic heterocycles. The van der Waals surface area contributed by atoms with Gasteiger partial charge in [-0.05, 0) is 44.9 Å². The maximum Gasteiger partial charge on any atom is 0.412 e. The molecule has 0 aliphatic carbocycles. The smallest absolute Gasteiger partial charge is 0.412 e. The van der Waals surface area contributed by atoms with E-state index in [0.29, 0.717) is 31.3 Å². The summed E-state index contributed by atoms with van der Waals surface area (Å²) in [5.41, 5.74) is 0.902. The third-order valence-electron chi connectivity index (χ3n) is 3.91. The van der Waals surface area contributed by atoms with Crippen molar-refractivity contribution in [2.24, 2.45) is 10.4 Å². The standard InChI is InChI=1S/C22H37N5O3.HI/c1-21(2,3)18(28)24-14-15-26-19(23-7)25-13-12-16-8-10-17(11-9-16)27-20(29)30-22(4,5)6;/h8-11H,12-15H2,1-7H3,(H,24,28)(H,27,29)(H2,23,25,26);1H. The van der Waals surface area contributed by atoms with Crippen molar-refractivity contribution >= 4 is 47.6 Å². The van der Waals surface area contributed by atoms with Gasteiger partial charge in [0.2, 0.25) is 5.91 Å². The van der Waals surface area contributed by atoms with Crippen molar-refractivity contribution in [2.75, 3.05) is 32.0 Å². The number of carbonyl (C=O) groups is 2. The quantitative estimate of drug-likeness (QED) is 0.181. The fourth-order valence-corrected chi connectivity index (χ4v) is 2.34. The second-order valence-corrected chi connectivity index (χ2v) is 9.01. The molecule has 0 aliphatic rings. The molecule has 176 valence electrons. The van der Waals surface area contributed by atoms with E-state index in [9.17, 15) is 9.59 Å². The SMILES string of the molecule is CN=C(NCCNC(=O)C(C)(C)C)NCCc1ccc(NC(=O)OC(C)(C)C)cc1.I. The van der Waals surface area contributed by atoms with Crippen molar-refractivity contribution in [3.05, 3.63) is 29.8 Å². The maximum absolute atomic E-state index is 11.8. The molecule has 0 saturated heterocycles. The van der Waals surface area contributed by atoms with E-state index in [1.807, 2.05) is 65.8 Å². The molecule has 31 heavy (non-hydrogen) atoms. The first-order chi connectivity index (χ1) is 13.9. The molecule has 1 aromatic rings. The summed E-state index contributed by atoms with van der Waals surface area (Å²) in [5.74, 6) is 0.708. The average molecular weight is 547 g/mol. The van der Waals surface area contributed by atoms with E-state index < -0.39 is 17.1 Å². The fraction of sp³-hybridized carbons (Fsp3) is 0.591. The van der Waals surface area contributed by atoms with Crippen molar-refractivity contribution in [1.82, 2.24) is 16.0 Å². The zero-order valence-corrected chi connectivity index (χ0v) is 22.0. The molecule has 0 saturated carbocycles. The van der Waals surface area contributed by atoms with Crippen LogP contribution in [0.5, 0.6) is 0 Å². The summed E-state index contributed by atoms with van der Waals surface area (Å²) >= 11 is 0. The fourth-order valence-electron chi connectivity index (χ4n) is 2.34. The molecule has 0 atom stereocenters. The van der Waals surface area contributed by atoms with Gasteiger partial charge in [0.15, 0.2) is 5.96 Å². The molecule has 0 bridgehead atoms. The summed E-state index contributed by atoms with van der Waals surface area (Å²) in [6.45, 7) is 13.0. The van der Waals surface area contributed by atoms with Gasteiger partial charge in [-0.25, -0.2) is 4.79 Å². The third-order valence-corrected chi connectivity index (χ3v) is 3.91. The second-order valence-electron chi connectivity index (χ2n) is 9.01. The number of anilines is 1. The van der Waals surface area contributed by atoms with E-state index >= 15 is 0 Å². The number of guanidine groups is 1. The zero-order chi connectivity index (χ0) is 22.8. The molecule has 0 unspecified atom stereocenters. The minimum atomic E-state index is -0.527. The number of hydrogen-bond acceptors (Lipinski definition) is 4. The van der Waals surface area contributed by atoms with Gasteiger partial charge in [0.25, 0.3) is 0 Å². The Hall–Kier alpha value is -2.04. The lowest BCUT2D eigenvalue weighted by Gasteiger charge is -2.19. The highest BCUT2D eigenvalue weighted by Gasteiger charge is 2.20. The molecule has 0 radical (unpaired) electrons. The summed E-state index contributed by atoms with van der Waals surface area (Å²) in [4.78, 5) is 27.8. The van der Waals surface area contributed by atoms with Crippen molar-refractivity contribution < 1.29 is 14.3 Å². The Balaban J connectivity index is 0.00000900. The Morgan fingerprint density at radius 2 is 1.45 bits per heavy atom. The number of carbonyl (C=O) groups excluding carboxylic acids is 2. The Morgan fingerprint density at radius 3 is 1.97 bits per heavy atom. The van der Waals surface area contributed by atoms with Gasteiger partial charge in [0.05, 0.1) is 0 Å². The van der Waals surface area contributed by atoms with E-state index in [1.165, 1.54) is 0 Å². The van der Waals surface area contributed by atoms with Crippen molar-refractivity contribution in [3.8, 4) is 0 Å². The highest BCUT2D eigenvalue weighted by molar-refractivity contribution is 14.0. The van der Waals surface area contributed by atoms with Gasteiger partial charge in [-0.15, -0.1) is 24.0 Å². The van der Waals surface area contributed by atoms with Crippen LogP contribution in [0.25, 0.3) is 0 Å². The Morgan fingerprint density at radius 1 is 0.903 bits per heavy atom. The van der Waals surface area contributed by atoms with E-state index in [2.05, 4.69) is 26.3 Å². The number of ether oxygens (including phenoxy) is 1. The number of nitrogens with zero attached hydrogens (tertiary/aromatic N) is 1. The van der Waals surface area contributed by atoms with Crippen LogP contribution in [0.2, 0.25) is 0 Å². The van der Waals surface area contributed by atoms with Crippen LogP contribution in [-0.4, -0.2) is 50.2 Å². The topological polar surface area (TPSA) is 104 Å². The lowest BCUT2D eigenvalue weighted by molar-refractivity contribution is -0.128. The summed E-state index contributed by atoms with van der Waals surface area (Å²) in [7, 11) is 1.71. The molecule has 0 fully saturated rings. The first-order valence-electron chi connectivity index (χ1n) is 10.2. The second kappa shape index (κ2) is 13.4. The third kappa shape index (κ3) is 13.1. The van der Waals surface area contributed by atoms with Crippen LogP contribution < -0.4 is 21.3 Å². The number of hydrogen-bond donors (Lipinski definition) is 4. The Labute approximate surface area is 203 Å². The number of benzene rings is 1. The molecule has 9 heteroatoms. The van der Waals surface area contributed by atoms with Gasteiger partial charge in [0, 0.05) is 37.8 Å². The molecule has 8 nitrogen and oxygen atoms in total. The molecule has 0 spiro atoms. The summed E-state index contributed by atoms with van der Waals surface area (Å²) in [5, 5.41) is 12.0. The molecule has 1 rings (SSSR count). The lowest BCUT2D eigenvalue weighted by Crippen LogP contribution is -2.43. The highest BCUT2D eigenvalue weighted by atomic mass is 127. The van der Waals surface area contributed by atoms with E-state index in [1.54, 1.807) is 7.05 Å². The van der Waals surface area contributed by atoms with Gasteiger partial charge in [-0.3, -0.25) is 15.1 Å². The minimum Gasteiger partial charge on any atom is -0.444 e. The number of rotatable bonds is 7. The van der Waals surface area contributed by atoms with Gasteiger partial charge >= 0.3 is 6.09 Å². The van der Waals surface area contributed by atoms with Gasteiger partial charge in [0.1, 0.15) is 5.60 Å². The molecule has 0 aliphatic heterocycles. The zero-order valence-electron chi connectivity index (χ0n) is 19.7. The average Bonchev–Trinajstić information content (AvgIpc) is 2.62. The normalized spacial score (nSPS) is 11.8. The molecular formula is C22H38IN5O3. The Bertz CT molecular complexity index is 722. The number of amides is 2. The summed E-state index contributed by atoms with van der Waals surface area (Å²) in [6.07, 6.45) is 0.333. The van der Waals surface area contributed by atoms with Crippen LogP contribution in [0.15, 0.2) is 29.3 Å². The lowest BCUT2D eigenvalue weighted by atomic mass is 9.96. The highest BCUT2D eigenvalue weighted by Crippen LogP contribution is 2.13. The van der Waals surface area contributed by atoms with E-state index in [0.717, 1.165) is 12.0 Å². The molecule has 0 heterocycles. The van der Waals surface area contributed by atoms with Crippen LogP contribution in [0.1, 0.15) is 47.1 Å². The van der Waals surface area contributed by atoms with E-state index in [4.69, 9.17) is 4.74 Å². The number of nitrogens with one attached hydrogen (secondary N) is 4. The van der Waals surface area contributed by atoms with Crippen molar-refractivity contribution in [1.29, 1.82) is 0 Å². The summed E-state index contributed by atoms with van der Waals surface area (Å²) in [6, 6.07) is 7.63. The molecule has 4 N–H and O–H groups in total. The van der Waals surface area contributed by atoms with Crippen LogP contribution in [-0.2, 0) is 16.0 Å². The number of halogens is 1. The van der Waals surface area contributed by atoms with Crippen LogP contribution in [0.4, 0.5) is 10.5 Å². The van der Waals surface area contributed by atoms with Crippen LogP contribution >= 0.6 is 24.0 Å². The molecular weight excluding hydrogens is 509 g/mol. The number of aliphatic imine (C=N–C) groups is 1. The molecule has 1 aromatic carbocycles. The van der Waals surface area contributed by atoms with Crippen molar-refractivity contribution in [2.45, 2.75) is 53.6 Å². The van der Waals surface area contributed by atoms with Gasteiger partial charge in [-0.1, -0.05) is 32.9 Å². The predicted molar refractivity (Wildman–Crippen MR) is 137 cm³/mol. The van der Waals surface area contributed by atoms with E-state index in [-0.39, 0.29) is 29.9 Å².